The Labute approximate surface area is 128 Å². The fourth-order valence-electron chi connectivity index (χ4n) is 1.69. The third-order valence-electron chi connectivity index (χ3n) is 2.63. The van der Waals surface area contributed by atoms with Crippen molar-refractivity contribution in [3.63, 3.8) is 0 Å². The molecule has 0 unspecified atom stereocenters. The van der Waals surface area contributed by atoms with Crippen molar-refractivity contribution in [1.29, 1.82) is 0 Å². The van der Waals surface area contributed by atoms with Crippen LogP contribution < -0.4 is 0 Å². The van der Waals surface area contributed by atoms with Gasteiger partial charge in [-0.25, -0.2) is 9.78 Å². The van der Waals surface area contributed by atoms with Gasteiger partial charge in [-0.1, -0.05) is 35.6 Å². The predicted octanol–water partition coefficient (Wildman–Crippen LogP) is 3.95. The maximum absolute atomic E-state index is 11.9. The van der Waals surface area contributed by atoms with Gasteiger partial charge in [0.1, 0.15) is 4.88 Å². The number of thiazole rings is 1. The van der Waals surface area contributed by atoms with Gasteiger partial charge in [0.15, 0.2) is 9.70 Å². The number of carbonyl (C=O) groups excluding carboxylic acids is 2. The average molecular weight is 354 g/mol. The molecule has 0 aliphatic carbocycles. The van der Waals surface area contributed by atoms with Gasteiger partial charge in [-0.05, 0) is 29.8 Å². The van der Waals surface area contributed by atoms with Gasteiger partial charge in [-0.2, -0.15) is 0 Å². The fraction of sp³-hybridized carbons (Fsp3) is 0.214. The van der Waals surface area contributed by atoms with Crippen LogP contribution >= 0.6 is 27.3 Å². The molecule has 2 rings (SSSR count). The van der Waals surface area contributed by atoms with Crippen molar-refractivity contribution >= 4 is 39.0 Å². The van der Waals surface area contributed by atoms with E-state index in [0.29, 0.717) is 26.7 Å². The van der Waals surface area contributed by atoms with E-state index in [4.69, 9.17) is 4.74 Å². The van der Waals surface area contributed by atoms with E-state index in [1.165, 1.54) is 18.3 Å². The van der Waals surface area contributed by atoms with Gasteiger partial charge in [0, 0.05) is 11.1 Å². The highest BCUT2D eigenvalue weighted by atomic mass is 79.9. The largest absolute Gasteiger partial charge is 0.462 e. The molecule has 1 heterocycles. The molecule has 0 spiro atoms. The first-order valence-electron chi connectivity index (χ1n) is 5.97. The van der Waals surface area contributed by atoms with Crippen LogP contribution in [0.25, 0.3) is 11.3 Å². The van der Waals surface area contributed by atoms with Gasteiger partial charge in [0.25, 0.3) is 0 Å². The predicted molar refractivity (Wildman–Crippen MR) is 81.2 cm³/mol. The molecule has 2 aromatic rings. The number of aromatic nitrogens is 1. The Morgan fingerprint density at radius 2 is 1.95 bits per heavy atom. The van der Waals surface area contributed by atoms with Crippen molar-refractivity contribution < 1.29 is 14.3 Å². The van der Waals surface area contributed by atoms with Gasteiger partial charge in [0.05, 0.1) is 12.3 Å². The highest BCUT2D eigenvalue weighted by Gasteiger charge is 2.19. The maximum atomic E-state index is 11.9. The Morgan fingerprint density at radius 3 is 2.50 bits per heavy atom. The first-order chi connectivity index (χ1) is 9.52. The van der Waals surface area contributed by atoms with Gasteiger partial charge in [0.2, 0.25) is 0 Å². The molecule has 0 aliphatic rings. The summed E-state index contributed by atoms with van der Waals surface area (Å²) >= 11 is 4.51. The minimum atomic E-state index is -0.388. The van der Waals surface area contributed by atoms with E-state index < -0.39 is 0 Å². The third kappa shape index (κ3) is 3.13. The summed E-state index contributed by atoms with van der Waals surface area (Å²) in [7, 11) is 0. The molecule has 1 aromatic carbocycles. The topological polar surface area (TPSA) is 56.3 Å². The van der Waals surface area contributed by atoms with E-state index >= 15 is 0 Å². The third-order valence-corrected chi connectivity index (χ3v) is 4.11. The zero-order valence-corrected chi connectivity index (χ0v) is 13.4. The summed E-state index contributed by atoms with van der Waals surface area (Å²) in [5, 5.41) is 0. The van der Waals surface area contributed by atoms with E-state index in [2.05, 4.69) is 20.9 Å². The van der Waals surface area contributed by atoms with Crippen LogP contribution in [0.4, 0.5) is 0 Å². The van der Waals surface area contributed by atoms with Crippen molar-refractivity contribution in [3.05, 3.63) is 38.6 Å². The monoisotopic (exact) mass is 353 g/mol. The minimum Gasteiger partial charge on any atom is -0.462 e. The summed E-state index contributed by atoms with van der Waals surface area (Å²) in [6.45, 7) is 3.59. The van der Waals surface area contributed by atoms with Gasteiger partial charge < -0.3 is 4.74 Å². The molecule has 20 heavy (non-hydrogen) atoms. The second-order valence-corrected chi connectivity index (χ2v) is 6.27. The zero-order valence-electron chi connectivity index (χ0n) is 11.0. The minimum absolute atomic E-state index is 0.00150. The second kappa shape index (κ2) is 6.28. The van der Waals surface area contributed by atoms with E-state index in [-0.39, 0.29) is 11.8 Å². The van der Waals surface area contributed by atoms with Crippen LogP contribution in [-0.2, 0) is 4.74 Å². The number of rotatable bonds is 4. The molecule has 0 saturated heterocycles. The molecule has 0 N–H and O–H groups in total. The van der Waals surface area contributed by atoms with Crippen molar-refractivity contribution in [1.82, 2.24) is 4.98 Å². The lowest BCUT2D eigenvalue weighted by Crippen LogP contribution is -2.04. The summed E-state index contributed by atoms with van der Waals surface area (Å²) < 4.78 is 5.64. The smallest absolute Gasteiger partial charge is 0.350 e. The lowest BCUT2D eigenvalue weighted by Gasteiger charge is -2.03. The summed E-state index contributed by atoms with van der Waals surface area (Å²) in [5.74, 6) is -0.386. The van der Waals surface area contributed by atoms with E-state index in [1.807, 2.05) is 0 Å². The summed E-state index contributed by atoms with van der Waals surface area (Å²) in [4.78, 5) is 27.9. The Balaban J connectivity index is 2.41. The molecule has 6 heteroatoms. The van der Waals surface area contributed by atoms with Crippen molar-refractivity contribution in [2.45, 2.75) is 13.8 Å². The lowest BCUT2D eigenvalue weighted by atomic mass is 10.1. The average Bonchev–Trinajstić information content (AvgIpc) is 2.81. The highest BCUT2D eigenvalue weighted by Crippen LogP contribution is 2.31. The molecule has 104 valence electrons. The number of halogens is 1. The number of esters is 1. The Hall–Kier alpha value is -1.53. The van der Waals surface area contributed by atoms with E-state index in [0.717, 1.165) is 5.56 Å². The molecule has 1 aromatic heterocycles. The molecular weight excluding hydrogens is 342 g/mol. The summed E-state index contributed by atoms with van der Waals surface area (Å²) in [6, 6.07) is 7.00. The lowest BCUT2D eigenvalue weighted by molar-refractivity contribution is 0.0532. The molecule has 0 aliphatic heterocycles. The number of benzene rings is 1. The van der Waals surface area contributed by atoms with Crippen LogP contribution in [0.15, 0.2) is 28.2 Å². The number of carbonyl (C=O) groups is 2. The molecule has 0 amide bonds. The molecule has 0 bridgehead atoms. The number of ketones is 1. The van der Waals surface area contributed by atoms with Crippen molar-refractivity contribution in [3.8, 4) is 11.3 Å². The van der Waals surface area contributed by atoms with Crippen LogP contribution in [0.1, 0.15) is 33.9 Å². The number of Topliss-reactive ketones (excluding diaryl/α,β-unsaturated/α-hetero) is 1. The number of nitrogens with zero attached hydrogens (tertiary/aromatic N) is 1. The maximum Gasteiger partial charge on any atom is 0.350 e. The first kappa shape index (κ1) is 14.9. The molecule has 0 atom stereocenters. The molecule has 0 radical (unpaired) electrons. The molecule has 0 fully saturated rings. The normalized spacial score (nSPS) is 10.3. The van der Waals surface area contributed by atoms with Crippen molar-refractivity contribution in [2.75, 3.05) is 6.61 Å². The van der Waals surface area contributed by atoms with Gasteiger partial charge in [-0.15, -0.1) is 0 Å². The van der Waals surface area contributed by atoms with Crippen LogP contribution in [-0.4, -0.2) is 23.3 Å². The van der Waals surface area contributed by atoms with E-state index in [9.17, 15) is 9.59 Å². The summed E-state index contributed by atoms with van der Waals surface area (Å²) in [6.07, 6.45) is 0. The zero-order chi connectivity index (χ0) is 14.7. The van der Waals surface area contributed by atoms with Crippen LogP contribution in [0.3, 0.4) is 0 Å². The Kier molecular flexibility index (Phi) is 4.67. The number of hydrogen-bond donors (Lipinski definition) is 0. The van der Waals surface area contributed by atoms with Crippen LogP contribution in [0.5, 0.6) is 0 Å². The second-order valence-electron chi connectivity index (χ2n) is 4.00. The number of hydrogen-bond acceptors (Lipinski definition) is 5. The standard InChI is InChI=1S/C14H12BrNO3S/c1-3-19-13(18)12-11(16-14(15)20-12)10-6-4-9(5-7-10)8(2)17/h4-7H,3H2,1-2H3. The molecular formula is C14H12BrNO3S. The van der Waals surface area contributed by atoms with Crippen LogP contribution in [0.2, 0.25) is 0 Å². The summed E-state index contributed by atoms with van der Waals surface area (Å²) in [5.41, 5.74) is 1.97. The Bertz CT molecular complexity index is 649. The quantitative estimate of drug-likeness (QED) is 0.616. The number of ether oxygens (including phenoxy) is 1. The molecule has 0 saturated carbocycles. The van der Waals surface area contributed by atoms with Crippen molar-refractivity contribution in [2.24, 2.45) is 0 Å². The first-order valence-corrected chi connectivity index (χ1v) is 7.58. The molecule has 4 nitrogen and oxygen atoms in total. The van der Waals surface area contributed by atoms with Gasteiger partial charge >= 0.3 is 5.97 Å². The SMILES string of the molecule is CCOC(=O)c1sc(Br)nc1-c1ccc(C(C)=O)cc1. The van der Waals surface area contributed by atoms with Crippen LogP contribution in [0, 0.1) is 0 Å². The highest BCUT2D eigenvalue weighted by molar-refractivity contribution is 9.11. The Morgan fingerprint density at radius 1 is 1.30 bits per heavy atom. The fourth-order valence-corrected chi connectivity index (χ4v) is 3.06. The van der Waals surface area contributed by atoms with E-state index in [1.54, 1.807) is 31.2 Å². The van der Waals surface area contributed by atoms with Gasteiger partial charge in [-0.3, -0.25) is 4.79 Å².